The molecular weight excluding hydrogens is 297 g/mol. The van der Waals surface area contributed by atoms with E-state index in [0.29, 0.717) is 25.5 Å². The van der Waals surface area contributed by atoms with Crippen molar-refractivity contribution in [2.75, 3.05) is 4.90 Å². The summed E-state index contributed by atoms with van der Waals surface area (Å²) in [4.78, 5) is 1.99. The number of anilines is 1. The fourth-order valence-corrected chi connectivity index (χ4v) is 3.01. The highest BCUT2D eigenvalue weighted by molar-refractivity contribution is 5.43. The highest BCUT2D eigenvalue weighted by Crippen LogP contribution is 2.29. The van der Waals surface area contributed by atoms with E-state index in [4.69, 9.17) is 4.42 Å². The second kappa shape index (κ2) is 5.49. The van der Waals surface area contributed by atoms with E-state index < -0.39 is 0 Å². The maximum Gasteiger partial charge on any atom is 0.246 e. The maximum absolute atomic E-state index is 13.9. The Morgan fingerprint density at radius 1 is 1.26 bits per heavy atom. The minimum absolute atomic E-state index is 0.0414. The molecule has 1 aliphatic rings. The molecular formula is C16H16FN5O. The standard InChI is InChI=1S/C16H16FN5O/c1-11(8-13-5-3-7-23-13)22-16(18-19-20-22)21-9-12-4-2-6-15(17)14(12)10-21/h2-7,11H,8-10H2,1H3. The quantitative estimate of drug-likeness (QED) is 0.741. The molecule has 7 heteroatoms. The molecule has 118 valence electrons. The lowest BCUT2D eigenvalue weighted by atomic mass is 10.1. The van der Waals surface area contributed by atoms with Crippen LogP contribution in [0.3, 0.4) is 0 Å². The van der Waals surface area contributed by atoms with Crippen molar-refractivity contribution in [2.24, 2.45) is 0 Å². The number of hydrogen-bond donors (Lipinski definition) is 0. The second-order valence-corrected chi connectivity index (χ2v) is 5.79. The molecule has 0 radical (unpaired) electrons. The zero-order valence-electron chi connectivity index (χ0n) is 12.7. The molecule has 1 unspecified atom stereocenters. The molecule has 6 nitrogen and oxygen atoms in total. The fourth-order valence-electron chi connectivity index (χ4n) is 3.01. The zero-order chi connectivity index (χ0) is 15.8. The van der Waals surface area contributed by atoms with E-state index in [0.717, 1.165) is 16.9 Å². The Kier molecular flexibility index (Phi) is 3.33. The minimum atomic E-state index is -0.173. The average Bonchev–Trinajstić information content (AvgIpc) is 3.27. The summed E-state index contributed by atoms with van der Waals surface area (Å²) >= 11 is 0. The largest absolute Gasteiger partial charge is 0.469 e. The van der Waals surface area contributed by atoms with E-state index >= 15 is 0 Å². The monoisotopic (exact) mass is 313 g/mol. The third kappa shape index (κ3) is 2.48. The van der Waals surface area contributed by atoms with Crippen LogP contribution in [-0.4, -0.2) is 20.2 Å². The summed E-state index contributed by atoms with van der Waals surface area (Å²) in [7, 11) is 0. The van der Waals surface area contributed by atoms with Crippen LogP contribution in [0.5, 0.6) is 0 Å². The molecule has 0 saturated carbocycles. The number of tetrazole rings is 1. The third-order valence-electron chi connectivity index (χ3n) is 4.18. The number of rotatable bonds is 4. The average molecular weight is 313 g/mol. The van der Waals surface area contributed by atoms with Crippen LogP contribution in [0.1, 0.15) is 29.9 Å². The van der Waals surface area contributed by atoms with Crippen LogP contribution in [0, 0.1) is 5.82 Å². The maximum atomic E-state index is 13.9. The molecule has 0 N–H and O–H groups in total. The molecule has 0 aliphatic carbocycles. The predicted molar refractivity (Wildman–Crippen MR) is 81.2 cm³/mol. The van der Waals surface area contributed by atoms with Crippen LogP contribution in [0.2, 0.25) is 0 Å². The number of furan rings is 1. The van der Waals surface area contributed by atoms with Crippen molar-refractivity contribution in [3.63, 3.8) is 0 Å². The third-order valence-corrected chi connectivity index (χ3v) is 4.18. The number of nitrogens with zero attached hydrogens (tertiary/aromatic N) is 5. The van der Waals surface area contributed by atoms with Gasteiger partial charge in [-0.25, -0.2) is 9.07 Å². The number of hydrogen-bond acceptors (Lipinski definition) is 5. The molecule has 3 aromatic rings. The van der Waals surface area contributed by atoms with Gasteiger partial charge in [0.1, 0.15) is 11.6 Å². The molecule has 1 aromatic carbocycles. The molecule has 1 aliphatic heterocycles. The lowest BCUT2D eigenvalue weighted by Crippen LogP contribution is -2.22. The van der Waals surface area contributed by atoms with E-state index in [2.05, 4.69) is 15.5 Å². The lowest BCUT2D eigenvalue weighted by Gasteiger charge is -2.19. The zero-order valence-corrected chi connectivity index (χ0v) is 12.7. The fraction of sp³-hybridized carbons (Fsp3) is 0.312. The van der Waals surface area contributed by atoms with Crippen LogP contribution in [-0.2, 0) is 19.5 Å². The first-order valence-electron chi connectivity index (χ1n) is 7.54. The Morgan fingerprint density at radius 3 is 2.96 bits per heavy atom. The number of fused-ring (bicyclic) bond motifs is 1. The minimum Gasteiger partial charge on any atom is -0.469 e. The molecule has 23 heavy (non-hydrogen) atoms. The van der Waals surface area contributed by atoms with Gasteiger partial charge in [0.2, 0.25) is 5.95 Å². The molecule has 0 fully saturated rings. The summed E-state index contributed by atoms with van der Waals surface area (Å²) in [5.41, 5.74) is 1.71. The van der Waals surface area contributed by atoms with Gasteiger partial charge < -0.3 is 9.32 Å². The van der Waals surface area contributed by atoms with Crippen LogP contribution >= 0.6 is 0 Å². The summed E-state index contributed by atoms with van der Waals surface area (Å²) < 4.78 is 21.1. The molecule has 0 bridgehead atoms. The summed E-state index contributed by atoms with van der Waals surface area (Å²) in [6, 6.07) is 9.01. The van der Waals surface area contributed by atoms with Crippen LogP contribution in [0.4, 0.5) is 10.3 Å². The van der Waals surface area contributed by atoms with Crippen molar-refractivity contribution in [2.45, 2.75) is 32.5 Å². The SMILES string of the molecule is CC(Cc1ccco1)n1nnnc1N1Cc2cccc(F)c2C1. The van der Waals surface area contributed by atoms with E-state index in [-0.39, 0.29) is 11.9 Å². The first kappa shape index (κ1) is 13.9. The second-order valence-electron chi connectivity index (χ2n) is 5.79. The van der Waals surface area contributed by atoms with Crippen molar-refractivity contribution >= 4 is 5.95 Å². The van der Waals surface area contributed by atoms with Gasteiger partial charge in [0.25, 0.3) is 0 Å². The summed E-state index contributed by atoms with van der Waals surface area (Å²) in [6.45, 7) is 3.13. The van der Waals surface area contributed by atoms with Gasteiger partial charge in [-0.15, -0.1) is 0 Å². The van der Waals surface area contributed by atoms with Crippen molar-refractivity contribution in [1.82, 2.24) is 20.2 Å². The Morgan fingerprint density at radius 2 is 2.17 bits per heavy atom. The van der Waals surface area contributed by atoms with Gasteiger partial charge in [-0.1, -0.05) is 17.2 Å². The molecule has 0 saturated heterocycles. The predicted octanol–water partition coefficient (Wildman–Crippen LogP) is 2.73. The highest BCUT2D eigenvalue weighted by Gasteiger charge is 2.27. The Labute approximate surface area is 132 Å². The molecule has 1 atom stereocenters. The van der Waals surface area contributed by atoms with Gasteiger partial charge in [-0.05, 0) is 41.1 Å². The Bertz CT molecular complexity index is 814. The van der Waals surface area contributed by atoms with E-state index in [1.807, 2.05) is 30.0 Å². The van der Waals surface area contributed by atoms with E-state index in [1.165, 1.54) is 6.07 Å². The molecule has 4 rings (SSSR count). The number of aromatic nitrogens is 4. The van der Waals surface area contributed by atoms with Gasteiger partial charge in [0, 0.05) is 25.1 Å². The van der Waals surface area contributed by atoms with Crippen molar-refractivity contribution in [3.05, 3.63) is 59.3 Å². The molecule has 0 amide bonds. The Hall–Kier alpha value is -2.70. The number of benzene rings is 1. The van der Waals surface area contributed by atoms with Crippen molar-refractivity contribution < 1.29 is 8.81 Å². The first-order chi connectivity index (χ1) is 11.2. The topological polar surface area (TPSA) is 60.0 Å². The summed E-state index contributed by atoms with van der Waals surface area (Å²) in [5, 5.41) is 12.0. The van der Waals surface area contributed by atoms with Gasteiger partial charge in [-0.2, -0.15) is 0 Å². The van der Waals surface area contributed by atoms with Crippen LogP contribution in [0.15, 0.2) is 41.0 Å². The molecule has 2 aromatic heterocycles. The van der Waals surface area contributed by atoms with Gasteiger partial charge in [-0.3, -0.25) is 0 Å². The highest BCUT2D eigenvalue weighted by atomic mass is 19.1. The first-order valence-corrected chi connectivity index (χ1v) is 7.54. The van der Waals surface area contributed by atoms with Gasteiger partial charge >= 0.3 is 0 Å². The number of halogens is 1. The Balaban J connectivity index is 1.58. The normalized spacial score (nSPS) is 15.0. The smallest absolute Gasteiger partial charge is 0.246 e. The lowest BCUT2D eigenvalue weighted by molar-refractivity contribution is 0.418. The molecule has 3 heterocycles. The van der Waals surface area contributed by atoms with Crippen LogP contribution < -0.4 is 4.90 Å². The van der Waals surface area contributed by atoms with Crippen molar-refractivity contribution in [1.29, 1.82) is 0 Å². The summed E-state index contributed by atoms with van der Waals surface area (Å²) in [5.74, 6) is 1.36. The van der Waals surface area contributed by atoms with Gasteiger partial charge in [0.05, 0.1) is 12.3 Å². The molecule has 0 spiro atoms. The van der Waals surface area contributed by atoms with E-state index in [9.17, 15) is 4.39 Å². The van der Waals surface area contributed by atoms with E-state index in [1.54, 1.807) is 17.0 Å². The van der Waals surface area contributed by atoms with Crippen LogP contribution in [0.25, 0.3) is 0 Å². The van der Waals surface area contributed by atoms with Gasteiger partial charge in [0.15, 0.2) is 0 Å². The summed E-state index contributed by atoms with van der Waals surface area (Å²) in [6.07, 6.45) is 2.35. The van der Waals surface area contributed by atoms with Crippen molar-refractivity contribution in [3.8, 4) is 0 Å².